The normalized spacial score (nSPS) is 13.3. The molecule has 1 heterocycles. The number of fused-ring (bicyclic) bond motifs is 18. The summed E-state index contributed by atoms with van der Waals surface area (Å²) in [7, 11) is 0. The van der Waals surface area contributed by atoms with E-state index in [0.29, 0.717) is 0 Å². The molecule has 0 aliphatic heterocycles. The highest BCUT2D eigenvalue weighted by molar-refractivity contribution is 6.22. The van der Waals surface area contributed by atoms with Gasteiger partial charge in [-0.1, -0.05) is 162 Å². The van der Waals surface area contributed by atoms with Crippen LogP contribution in [0.2, 0.25) is 0 Å². The largest absolute Gasteiger partial charge is 0.454 e. The van der Waals surface area contributed by atoms with E-state index in [1.54, 1.807) is 0 Å². The number of benzene rings is 10. The molecule has 11 aromatic rings. The summed E-state index contributed by atoms with van der Waals surface area (Å²) >= 11 is 0. The second-order valence-corrected chi connectivity index (χ2v) is 19.5. The molecule has 0 saturated heterocycles. The highest BCUT2D eigenvalue weighted by atomic mass is 16.3. The number of nitrogens with zero attached hydrogens (tertiary/aromatic N) is 2. The van der Waals surface area contributed by atoms with Gasteiger partial charge in [-0.2, -0.15) is 0 Å². The molecule has 3 nitrogen and oxygen atoms in total. The first-order valence-corrected chi connectivity index (χ1v) is 24.2. The maximum Gasteiger partial charge on any atom is 0.160 e. The van der Waals surface area contributed by atoms with E-state index in [0.717, 1.165) is 56.8 Å². The Morgan fingerprint density at radius 1 is 0.391 bits per heavy atom. The van der Waals surface area contributed by atoms with Crippen LogP contribution in [0.25, 0.3) is 55.3 Å². The summed E-state index contributed by atoms with van der Waals surface area (Å²) in [4.78, 5) is 4.95. The molecule has 0 saturated carbocycles. The fourth-order valence-corrected chi connectivity index (χ4v) is 12.2. The van der Waals surface area contributed by atoms with Gasteiger partial charge in [-0.05, 0) is 161 Å². The SMILES string of the molecule is Cc1ccc(N(c2ccc(C)cc2)c2cc3c(c4c2Cc2ccccc2-4)-c2c(cc(N(c4ccc(C)cc4)c4ccc(C)cc4)c4oc5ccccc5c24)C32c3ccccc3-c3ccccc32)cc1. The summed E-state index contributed by atoms with van der Waals surface area (Å²) in [6.45, 7) is 8.67. The van der Waals surface area contributed by atoms with Crippen molar-refractivity contribution < 1.29 is 4.42 Å². The molecule has 1 spiro atoms. The molecule has 0 atom stereocenters. The van der Waals surface area contributed by atoms with E-state index in [1.165, 1.54) is 94.7 Å². The van der Waals surface area contributed by atoms with Crippen molar-refractivity contribution in [2.45, 2.75) is 39.5 Å². The molecule has 0 amide bonds. The molecule has 3 aliphatic carbocycles. The molecule has 1 aromatic heterocycles. The van der Waals surface area contributed by atoms with Crippen LogP contribution in [0, 0.1) is 27.7 Å². The lowest BCUT2D eigenvalue weighted by Crippen LogP contribution is -2.27. The average molecular weight is 885 g/mol. The number of anilines is 6. The molecule has 3 heteroatoms. The van der Waals surface area contributed by atoms with Crippen LogP contribution in [0.1, 0.15) is 55.6 Å². The number of rotatable bonds is 6. The monoisotopic (exact) mass is 884 g/mol. The van der Waals surface area contributed by atoms with Crippen molar-refractivity contribution >= 4 is 56.1 Å². The van der Waals surface area contributed by atoms with Crippen molar-refractivity contribution in [3.8, 4) is 33.4 Å². The van der Waals surface area contributed by atoms with E-state index in [-0.39, 0.29) is 0 Å². The molecule has 0 N–H and O–H groups in total. The minimum Gasteiger partial charge on any atom is -0.454 e. The van der Waals surface area contributed by atoms with Crippen LogP contribution in [-0.4, -0.2) is 0 Å². The standard InChI is InChI=1S/C66H48N2O/c1-40-21-29-45(30-22-40)67(46-31-23-41(2)24-32-46)58-38-56-63(61-49-14-6-5-13-44(49)37-53(58)61)64-57(66(56)54-18-10-7-15-50(54)51-16-8-11-19-55(51)66)39-59(65-62(64)52-17-9-12-20-60(52)69-65)68(47-33-25-42(3)26-34-47)48-35-27-43(4)28-36-48/h5-36,38-39H,37H2,1-4H3. The van der Waals surface area contributed by atoms with Gasteiger partial charge in [0.25, 0.3) is 0 Å². The Labute approximate surface area is 403 Å². The molecule has 14 rings (SSSR count). The van der Waals surface area contributed by atoms with Crippen molar-refractivity contribution in [1.82, 2.24) is 0 Å². The Hall–Kier alpha value is -8.40. The van der Waals surface area contributed by atoms with Gasteiger partial charge < -0.3 is 14.2 Å². The topological polar surface area (TPSA) is 19.6 Å². The third kappa shape index (κ3) is 5.62. The molecular formula is C66H48N2O. The van der Waals surface area contributed by atoms with Gasteiger partial charge in [0.1, 0.15) is 5.58 Å². The molecule has 10 aromatic carbocycles. The quantitative estimate of drug-likeness (QED) is 0.166. The maximum atomic E-state index is 7.32. The smallest absolute Gasteiger partial charge is 0.160 e. The molecule has 3 aliphatic rings. The number of furan rings is 1. The highest BCUT2D eigenvalue weighted by Gasteiger charge is 2.55. The van der Waals surface area contributed by atoms with Crippen LogP contribution in [0.5, 0.6) is 0 Å². The lowest BCUT2D eigenvalue weighted by Gasteiger charge is -2.34. The number of aryl methyl sites for hydroxylation is 4. The van der Waals surface area contributed by atoms with E-state index < -0.39 is 5.41 Å². The van der Waals surface area contributed by atoms with Crippen LogP contribution < -0.4 is 9.80 Å². The van der Waals surface area contributed by atoms with Gasteiger partial charge in [0.05, 0.1) is 16.8 Å². The molecule has 328 valence electrons. The summed E-state index contributed by atoms with van der Waals surface area (Å²) in [5, 5.41) is 2.27. The lowest BCUT2D eigenvalue weighted by atomic mass is 9.70. The van der Waals surface area contributed by atoms with Crippen molar-refractivity contribution in [2.75, 3.05) is 9.80 Å². The first-order valence-electron chi connectivity index (χ1n) is 24.2. The van der Waals surface area contributed by atoms with E-state index in [2.05, 4.69) is 244 Å². The number of hydrogen-bond donors (Lipinski definition) is 0. The van der Waals surface area contributed by atoms with Crippen LogP contribution in [0.4, 0.5) is 34.1 Å². The third-order valence-electron chi connectivity index (χ3n) is 15.4. The second kappa shape index (κ2) is 14.8. The van der Waals surface area contributed by atoms with Crippen molar-refractivity contribution in [3.63, 3.8) is 0 Å². The summed E-state index contributed by atoms with van der Waals surface area (Å²) in [5.74, 6) is 0. The fraction of sp³-hybridized carbons (Fsp3) is 0.0909. The zero-order valence-electron chi connectivity index (χ0n) is 39.1. The van der Waals surface area contributed by atoms with Crippen LogP contribution in [0.15, 0.2) is 211 Å². The van der Waals surface area contributed by atoms with E-state index in [1.807, 2.05) is 0 Å². The molecule has 69 heavy (non-hydrogen) atoms. The van der Waals surface area contributed by atoms with Crippen LogP contribution in [0.3, 0.4) is 0 Å². The van der Waals surface area contributed by atoms with Crippen LogP contribution >= 0.6 is 0 Å². The van der Waals surface area contributed by atoms with Gasteiger partial charge >= 0.3 is 0 Å². The summed E-state index contributed by atoms with van der Waals surface area (Å²) < 4.78 is 7.32. The van der Waals surface area contributed by atoms with Gasteiger partial charge in [0.2, 0.25) is 0 Å². The van der Waals surface area contributed by atoms with Crippen LogP contribution in [-0.2, 0) is 11.8 Å². The zero-order chi connectivity index (χ0) is 46.1. The lowest BCUT2D eigenvalue weighted by molar-refractivity contribution is 0.668. The van der Waals surface area contributed by atoms with Gasteiger partial charge in [0.15, 0.2) is 5.58 Å². The average Bonchev–Trinajstić information content (AvgIpc) is 4.12. The van der Waals surface area contributed by atoms with Gasteiger partial charge in [-0.3, -0.25) is 0 Å². The Bertz CT molecular complexity index is 3760. The summed E-state index contributed by atoms with van der Waals surface area (Å²) in [6.07, 6.45) is 0.819. The molecular weight excluding hydrogens is 837 g/mol. The Morgan fingerprint density at radius 3 is 1.38 bits per heavy atom. The number of hydrogen-bond acceptors (Lipinski definition) is 3. The first kappa shape index (κ1) is 39.7. The Balaban J connectivity index is 1.20. The minimum absolute atomic E-state index is 0.696. The van der Waals surface area contributed by atoms with Gasteiger partial charge in [0, 0.05) is 39.9 Å². The zero-order valence-corrected chi connectivity index (χ0v) is 39.1. The van der Waals surface area contributed by atoms with Crippen molar-refractivity contribution in [3.05, 3.63) is 262 Å². The number of para-hydroxylation sites is 1. The predicted molar refractivity (Wildman–Crippen MR) is 287 cm³/mol. The van der Waals surface area contributed by atoms with E-state index in [4.69, 9.17) is 4.42 Å². The van der Waals surface area contributed by atoms with Gasteiger partial charge in [-0.25, -0.2) is 0 Å². The Kier molecular flexibility index (Phi) is 8.52. The van der Waals surface area contributed by atoms with E-state index >= 15 is 0 Å². The molecule has 0 unspecified atom stereocenters. The summed E-state index contributed by atoms with van der Waals surface area (Å²) in [6, 6.07) is 77.4. The van der Waals surface area contributed by atoms with Gasteiger partial charge in [-0.15, -0.1) is 0 Å². The highest BCUT2D eigenvalue weighted by Crippen LogP contribution is 2.69. The molecule has 0 radical (unpaired) electrons. The maximum absolute atomic E-state index is 7.32. The second-order valence-electron chi connectivity index (χ2n) is 19.5. The third-order valence-corrected chi connectivity index (χ3v) is 15.4. The molecule has 0 fully saturated rings. The predicted octanol–water partition coefficient (Wildman–Crippen LogP) is 17.7. The first-order chi connectivity index (χ1) is 33.9. The summed E-state index contributed by atoms with van der Waals surface area (Å²) in [5.41, 5.74) is 28.2. The van der Waals surface area contributed by atoms with Crippen molar-refractivity contribution in [2.24, 2.45) is 0 Å². The van der Waals surface area contributed by atoms with Crippen molar-refractivity contribution in [1.29, 1.82) is 0 Å². The fourth-order valence-electron chi connectivity index (χ4n) is 12.2. The Morgan fingerprint density at radius 2 is 0.826 bits per heavy atom. The molecule has 0 bridgehead atoms. The minimum atomic E-state index is -0.696. The van der Waals surface area contributed by atoms with E-state index in [9.17, 15) is 0 Å².